The minimum absolute atomic E-state index is 0.0134. The first-order valence-electron chi connectivity index (χ1n) is 16.8. The third kappa shape index (κ3) is 34.4. The van der Waals surface area contributed by atoms with Gasteiger partial charge in [-0.2, -0.15) is 0 Å². The van der Waals surface area contributed by atoms with E-state index in [1.54, 1.807) is 0 Å². The summed E-state index contributed by atoms with van der Waals surface area (Å²) in [6.07, 6.45) is 40.3. The van der Waals surface area contributed by atoms with Crippen molar-refractivity contribution in [2.24, 2.45) is 0 Å². The van der Waals surface area contributed by atoms with E-state index in [0.29, 0.717) is 19.4 Å². The molecule has 0 bridgehead atoms. The number of aliphatic carboxylic acids is 1. The zero-order valence-corrected chi connectivity index (χ0v) is 25.8. The lowest BCUT2D eigenvalue weighted by atomic mass is 10.0. The molecule has 4 nitrogen and oxygen atoms in total. The van der Waals surface area contributed by atoms with Gasteiger partial charge in [0.15, 0.2) is 0 Å². The molecule has 0 aliphatic carbocycles. The number of allylic oxidation sites excluding steroid dienone is 4. The van der Waals surface area contributed by atoms with Gasteiger partial charge in [-0.25, -0.2) is 0 Å². The van der Waals surface area contributed by atoms with Gasteiger partial charge in [-0.3, -0.25) is 9.59 Å². The third-order valence-corrected chi connectivity index (χ3v) is 7.38. The highest BCUT2D eigenvalue weighted by Gasteiger charge is 2.03. The van der Waals surface area contributed by atoms with Gasteiger partial charge in [0.2, 0.25) is 0 Å². The van der Waals surface area contributed by atoms with E-state index in [4.69, 9.17) is 9.84 Å². The summed E-state index contributed by atoms with van der Waals surface area (Å²) in [5.41, 5.74) is 0. The van der Waals surface area contributed by atoms with E-state index in [2.05, 4.69) is 31.2 Å². The zero-order valence-electron chi connectivity index (χ0n) is 25.8. The van der Waals surface area contributed by atoms with Crippen LogP contribution >= 0.6 is 0 Å². The molecule has 0 amide bonds. The SMILES string of the molecule is CCCCC/C=C\C/C=C\CCCCCCCCCC(=O)OCCCCCCCCCCCCCCC(=O)O. The number of hydrogen-bond acceptors (Lipinski definition) is 3. The number of carbonyl (C=O) groups excluding carboxylic acids is 1. The van der Waals surface area contributed by atoms with E-state index < -0.39 is 5.97 Å². The van der Waals surface area contributed by atoms with Gasteiger partial charge in [0, 0.05) is 12.8 Å². The average Bonchev–Trinajstić information content (AvgIpc) is 2.92. The molecule has 0 aliphatic rings. The van der Waals surface area contributed by atoms with Crippen LogP contribution in [0.25, 0.3) is 0 Å². The summed E-state index contributed by atoms with van der Waals surface area (Å²) in [5.74, 6) is -0.688. The summed E-state index contributed by atoms with van der Waals surface area (Å²) >= 11 is 0. The Morgan fingerprint density at radius 1 is 0.513 bits per heavy atom. The van der Waals surface area contributed by atoms with Crippen LogP contribution in [0, 0.1) is 0 Å². The molecule has 0 saturated carbocycles. The molecule has 1 N–H and O–H groups in total. The number of esters is 1. The average molecular weight is 549 g/mol. The van der Waals surface area contributed by atoms with Gasteiger partial charge in [-0.15, -0.1) is 0 Å². The van der Waals surface area contributed by atoms with Gasteiger partial charge in [-0.05, 0) is 51.4 Å². The van der Waals surface area contributed by atoms with Crippen molar-refractivity contribution in [2.45, 2.75) is 180 Å². The molecule has 0 radical (unpaired) electrons. The van der Waals surface area contributed by atoms with Crippen molar-refractivity contribution in [3.05, 3.63) is 24.3 Å². The fourth-order valence-corrected chi connectivity index (χ4v) is 4.84. The molecule has 0 aliphatic heterocycles. The molecule has 4 heteroatoms. The number of carboxylic acids is 1. The fourth-order valence-electron chi connectivity index (χ4n) is 4.84. The normalized spacial score (nSPS) is 11.6. The van der Waals surface area contributed by atoms with Gasteiger partial charge in [0.1, 0.15) is 0 Å². The van der Waals surface area contributed by atoms with Crippen LogP contribution in [0.15, 0.2) is 24.3 Å². The van der Waals surface area contributed by atoms with Gasteiger partial charge < -0.3 is 9.84 Å². The van der Waals surface area contributed by atoms with Crippen molar-refractivity contribution in [1.82, 2.24) is 0 Å². The summed E-state index contributed by atoms with van der Waals surface area (Å²) in [7, 11) is 0. The molecule has 0 rings (SSSR count). The Labute approximate surface area is 242 Å². The monoisotopic (exact) mass is 548 g/mol. The molecule has 0 aromatic heterocycles. The minimum Gasteiger partial charge on any atom is -0.481 e. The number of carboxylic acid groups (broad SMARTS) is 1. The number of rotatable bonds is 31. The molecular formula is C35H64O4. The molecule has 39 heavy (non-hydrogen) atoms. The van der Waals surface area contributed by atoms with Crippen LogP contribution in [-0.4, -0.2) is 23.7 Å². The summed E-state index contributed by atoms with van der Waals surface area (Å²) in [6, 6.07) is 0. The third-order valence-electron chi connectivity index (χ3n) is 7.38. The number of ether oxygens (including phenoxy) is 1. The summed E-state index contributed by atoms with van der Waals surface area (Å²) in [6.45, 7) is 2.84. The predicted octanol–water partition coefficient (Wildman–Crippen LogP) is 11.3. The van der Waals surface area contributed by atoms with Gasteiger partial charge in [0.05, 0.1) is 6.61 Å². The summed E-state index contributed by atoms with van der Waals surface area (Å²) in [5, 5.41) is 8.62. The van der Waals surface area contributed by atoms with Crippen LogP contribution in [0.3, 0.4) is 0 Å². The fraction of sp³-hybridized carbons (Fsp3) is 0.829. The van der Waals surface area contributed by atoms with Gasteiger partial charge >= 0.3 is 11.9 Å². The molecule has 0 aromatic rings. The maximum Gasteiger partial charge on any atom is 0.305 e. The second-order valence-electron chi connectivity index (χ2n) is 11.3. The number of hydrogen-bond donors (Lipinski definition) is 1. The zero-order chi connectivity index (χ0) is 28.5. The first kappa shape index (κ1) is 37.4. The first-order valence-corrected chi connectivity index (χ1v) is 16.8. The second-order valence-corrected chi connectivity index (χ2v) is 11.3. The molecule has 0 heterocycles. The highest BCUT2D eigenvalue weighted by molar-refractivity contribution is 5.69. The summed E-state index contributed by atoms with van der Waals surface area (Å²) in [4.78, 5) is 22.4. The van der Waals surface area contributed by atoms with E-state index >= 15 is 0 Å². The van der Waals surface area contributed by atoms with Crippen LogP contribution in [-0.2, 0) is 14.3 Å². The van der Waals surface area contributed by atoms with Crippen molar-refractivity contribution >= 4 is 11.9 Å². The lowest BCUT2D eigenvalue weighted by Gasteiger charge is -2.05. The van der Waals surface area contributed by atoms with Crippen LogP contribution in [0.4, 0.5) is 0 Å². The maximum atomic E-state index is 11.9. The Morgan fingerprint density at radius 3 is 1.41 bits per heavy atom. The smallest absolute Gasteiger partial charge is 0.305 e. The molecule has 0 unspecified atom stereocenters. The highest BCUT2D eigenvalue weighted by atomic mass is 16.5. The van der Waals surface area contributed by atoms with Gasteiger partial charge in [-0.1, -0.05) is 140 Å². The molecule has 0 saturated heterocycles. The topological polar surface area (TPSA) is 63.6 Å². The lowest BCUT2D eigenvalue weighted by Crippen LogP contribution is -2.05. The Balaban J connectivity index is 3.23. The highest BCUT2D eigenvalue weighted by Crippen LogP contribution is 2.13. The van der Waals surface area contributed by atoms with E-state index in [9.17, 15) is 9.59 Å². The Hall–Kier alpha value is -1.58. The van der Waals surface area contributed by atoms with Crippen LogP contribution in [0.1, 0.15) is 180 Å². The van der Waals surface area contributed by atoms with Crippen LogP contribution in [0.2, 0.25) is 0 Å². The van der Waals surface area contributed by atoms with Crippen molar-refractivity contribution in [3.8, 4) is 0 Å². The van der Waals surface area contributed by atoms with Crippen molar-refractivity contribution in [2.75, 3.05) is 6.61 Å². The van der Waals surface area contributed by atoms with E-state index in [1.807, 2.05) is 0 Å². The Morgan fingerprint density at radius 2 is 0.923 bits per heavy atom. The molecule has 228 valence electrons. The minimum atomic E-state index is -0.675. The quantitative estimate of drug-likeness (QED) is 0.0531. The van der Waals surface area contributed by atoms with Crippen molar-refractivity contribution < 1.29 is 19.4 Å². The van der Waals surface area contributed by atoms with Gasteiger partial charge in [0.25, 0.3) is 0 Å². The van der Waals surface area contributed by atoms with E-state index in [0.717, 1.165) is 44.9 Å². The maximum absolute atomic E-state index is 11.9. The van der Waals surface area contributed by atoms with Crippen LogP contribution in [0.5, 0.6) is 0 Å². The second kappa shape index (κ2) is 32.6. The molecule has 0 spiro atoms. The van der Waals surface area contributed by atoms with Crippen LogP contribution < -0.4 is 0 Å². The molecule has 0 atom stereocenters. The van der Waals surface area contributed by atoms with E-state index in [1.165, 1.54) is 116 Å². The Bertz CT molecular complexity index is 581. The Kier molecular flexibility index (Phi) is 31.3. The number of carbonyl (C=O) groups is 2. The number of unbranched alkanes of at least 4 members (excludes halogenated alkanes) is 21. The predicted molar refractivity (Wildman–Crippen MR) is 167 cm³/mol. The van der Waals surface area contributed by atoms with Crippen molar-refractivity contribution in [3.63, 3.8) is 0 Å². The van der Waals surface area contributed by atoms with E-state index in [-0.39, 0.29) is 5.97 Å². The lowest BCUT2D eigenvalue weighted by molar-refractivity contribution is -0.144. The molecular weight excluding hydrogens is 484 g/mol. The molecule has 0 fully saturated rings. The standard InChI is InChI=1S/C35H64O4/c1-2-3-4-5-6-7-8-9-10-11-12-13-17-20-23-26-29-32-35(38)39-33-30-27-24-21-18-15-14-16-19-22-25-28-31-34(36)37/h6-7,9-10H,2-5,8,11-33H2,1H3,(H,36,37)/b7-6-,10-9-. The summed E-state index contributed by atoms with van der Waals surface area (Å²) < 4.78 is 5.40. The first-order chi connectivity index (χ1) is 19.2. The largest absolute Gasteiger partial charge is 0.481 e. The van der Waals surface area contributed by atoms with Crippen molar-refractivity contribution in [1.29, 1.82) is 0 Å². The molecule has 0 aromatic carbocycles.